The number of hydrogen-bond acceptors (Lipinski definition) is 0. The van der Waals surface area contributed by atoms with Crippen molar-refractivity contribution in [1.82, 2.24) is 0 Å². The van der Waals surface area contributed by atoms with Crippen LogP contribution in [0.4, 0.5) is 0 Å². The van der Waals surface area contributed by atoms with Gasteiger partial charge in [0.15, 0.2) is 0 Å². The highest BCUT2D eigenvalue weighted by atomic mass is 35.5. The van der Waals surface area contributed by atoms with E-state index in [-0.39, 0.29) is 0 Å². The lowest BCUT2D eigenvalue weighted by atomic mass is 10.2. The molecule has 0 amide bonds. The highest BCUT2D eigenvalue weighted by Crippen LogP contribution is 1.94. The molecule has 7 heavy (non-hydrogen) atoms. The molecule has 0 N–H and O–H groups in total. The molecule has 0 aromatic rings. The lowest BCUT2D eigenvalue weighted by molar-refractivity contribution is 0.930. The number of alkyl halides is 1. The Kier molecular flexibility index (Phi) is 6.06. The Morgan fingerprint density at radius 3 is 2.71 bits per heavy atom. The molecule has 0 fully saturated rings. The number of hydrogen-bond donors (Lipinski definition) is 0. The summed E-state index contributed by atoms with van der Waals surface area (Å²) in [6, 6.07) is 0. The highest BCUT2D eigenvalue weighted by molar-refractivity contribution is 6.17. The van der Waals surface area contributed by atoms with Crippen molar-refractivity contribution in [2.45, 2.75) is 12.8 Å². The van der Waals surface area contributed by atoms with Gasteiger partial charge in [-0.05, 0) is 19.3 Å². The average molecular weight is 118 g/mol. The summed E-state index contributed by atoms with van der Waals surface area (Å²) in [6.45, 7) is 3.53. The summed E-state index contributed by atoms with van der Waals surface area (Å²) in [7, 11) is 0. The topological polar surface area (TPSA) is 0 Å². The predicted molar refractivity (Wildman–Crippen MR) is 34.5 cm³/mol. The first kappa shape index (κ1) is 7.03. The Balaban J connectivity index is 2.56. The van der Waals surface area contributed by atoms with E-state index < -0.39 is 0 Å². The SMILES string of the molecule is C=C[CH]CCCCl. The molecule has 0 spiro atoms. The lowest BCUT2D eigenvalue weighted by Gasteiger charge is -1.86. The fourth-order valence-electron chi connectivity index (χ4n) is 0.313. The van der Waals surface area contributed by atoms with Gasteiger partial charge in [0.25, 0.3) is 0 Å². The number of halogens is 1. The maximum atomic E-state index is 5.38. The third kappa shape index (κ3) is 6.03. The molecule has 0 aliphatic rings. The van der Waals surface area contributed by atoms with Gasteiger partial charge < -0.3 is 0 Å². The monoisotopic (exact) mass is 117 g/mol. The van der Waals surface area contributed by atoms with Crippen LogP contribution in [0.3, 0.4) is 0 Å². The van der Waals surface area contributed by atoms with E-state index in [1.165, 1.54) is 0 Å². The second-order valence-electron chi connectivity index (χ2n) is 1.30. The molecule has 0 saturated carbocycles. The first-order valence-corrected chi connectivity index (χ1v) is 2.95. The van der Waals surface area contributed by atoms with Crippen LogP contribution in [0.25, 0.3) is 0 Å². The van der Waals surface area contributed by atoms with Crippen LogP contribution < -0.4 is 0 Å². The maximum absolute atomic E-state index is 5.38. The molecule has 0 bridgehead atoms. The predicted octanol–water partition coefficient (Wildman–Crippen LogP) is 2.40. The first-order chi connectivity index (χ1) is 3.41. The second-order valence-corrected chi connectivity index (χ2v) is 1.68. The van der Waals surface area contributed by atoms with Crippen molar-refractivity contribution in [2.75, 3.05) is 5.88 Å². The quantitative estimate of drug-likeness (QED) is 0.392. The fourth-order valence-corrected chi connectivity index (χ4v) is 0.467. The van der Waals surface area contributed by atoms with Gasteiger partial charge >= 0.3 is 0 Å². The third-order valence-electron chi connectivity index (χ3n) is 0.671. The standard InChI is InChI=1S/C6H10Cl/c1-2-3-4-5-6-7/h2-3H,1,4-6H2. The Hall–Kier alpha value is 0.0300. The molecule has 0 nitrogen and oxygen atoms in total. The van der Waals surface area contributed by atoms with E-state index in [1.807, 2.05) is 6.42 Å². The molecule has 41 valence electrons. The van der Waals surface area contributed by atoms with Crippen LogP contribution in [0, 0.1) is 6.42 Å². The van der Waals surface area contributed by atoms with Gasteiger partial charge in [-0.3, -0.25) is 0 Å². The Labute approximate surface area is 50.2 Å². The van der Waals surface area contributed by atoms with Crippen LogP contribution >= 0.6 is 11.6 Å². The molecule has 0 aromatic carbocycles. The summed E-state index contributed by atoms with van der Waals surface area (Å²) >= 11 is 5.38. The molecule has 0 unspecified atom stereocenters. The minimum absolute atomic E-state index is 0.754. The molecule has 0 aromatic heterocycles. The van der Waals surface area contributed by atoms with Gasteiger partial charge in [-0.2, -0.15) is 0 Å². The van der Waals surface area contributed by atoms with Crippen molar-refractivity contribution < 1.29 is 0 Å². The summed E-state index contributed by atoms with van der Waals surface area (Å²) < 4.78 is 0. The van der Waals surface area contributed by atoms with Crippen LogP contribution in [0.15, 0.2) is 12.7 Å². The van der Waals surface area contributed by atoms with Crippen LogP contribution in [0.2, 0.25) is 0 Å². The van der Waals surface area contributed by atoms with Gasteiger partial charge in [0.1, 0.15) is 0 Å². The van der Waals surface area contributed by atoms with Gasteiger partial charge in [0.05, 0.1) is 0 Å². The average Bonchev–Trinajstić information content (AvgIpc) is 1.69. The Morgan fingerprint density at radius 2 is 2.29 bits per heavy atom. The van der Waals surface area contributed by atoms with Crippen molar-refractivity contribution in [3.8, 4) is 0 Å². The third-order valence-corrected chi connectivity index (χ3v) is 0.938. The van der Waals surface area contributed by atoms with E-state index in [0.29, 0.717) is 0 Å². The largest absolute Gasteiger partial charge is 0.127 e. The van der Waals surface area contributed by atoms with Crippen LogP contribution in [0.5, 0.6) is 0 Å². The van der Waals surface area contributed by atoms with E-state index in [1.54, 1.807) is 6.08 Å². The van der Waals surface area contributed by atoms with E-state index in [2.05, 4.69) is 6.58 Å². The van der Waals surface area contributed by atoms with E-state index in [4.69, 9.17) is 11.6 Å². The van der Waals surface area contributed by atoms with Gasteiger partial charge in [-0.1, -0.05) is 6.08 Å². The molecule has 0 atom stereocenters. The minimum atomic E-state index is 0.754. The summed E-state index contributed by atoms with van der Waals surface area (Å²) in [6.07, 6.45) is 5.94. The Morgan fingerprint density at radius 1 is 1.57 bits per heavy atom. The van der Waals surface area contributed by atoms with Crippen LogP contribution in [-0.4, -0.2) is 5.88 Å². The molecule has 1 heteroatoms. The normalized spacial score (nSPS) is 8.71. The van der Waals surface area contributed by atoms with E-state index >= 15 is 0 Å². The van der Waals surface area contributed by atoms with Gasteiger partial charge in [-0.25, -0.2) is 0 Å². The van der Waals surface area contributed by atoms with Crippen molar-refractivity contribution in [1.29, 1.82) is 0 Å². The molecule has 0 aliphatic carbocycles. The van der Waals surface area contributed by atoms with Crippen molar-refractivity contribution in [3.05, 3.63) is 19.1 Å². The molecule has 0 aliphatic heterocycles. The highest BCUT2D eigenvalue weighted by Gasteiger charge is 1.79. The van der Waals surface area contributed by atoms with Crippen molar-refractivity contribution in [2.24, 2.45) is 0 Å². The second kappa shape index (κ2) is 6.03. The molecule has 0 saturated heterocycles. The smallest absolute Gasteiger partial charge is 0.0223 e. The van der Waals surface area contributed by atoms with Gasteiger partial charge in [0.2, 0.25) is 0 Å². The minimum Gasteiger partial charge on any atom is -0.127 e. The van der Waals surface area contributed by atoms with Crippen molar-refractivity contribution in [3.63, 3.8) is 0 Å². The lowest BCUT2D eigenvalue weighted by Crippen LogP contribution is -1.73. The van der Waals surface area contributed by atoms with Gasteiger partial charge in [-0.15, -0.1) is 18.2 Å². The zero-order valence-corrected chi connectivity index (χ0v) is 5.12. The van der Waals surface area contributed by atoms with E-state index in [9.17, 15) is 0 Å². The number of allylic oxidation sites excluding steroid dienone is 1. The van der Waals surface area contributed by atoms with Crippen LogP contribution in [-0.2, 0) is 0 Å². The summed E-state index contributed by atoms with van der Waals surface area (Å²) in [5, 5.41) is 0. The summed E-state index contributed by atoms with van der Waals surface area (Å²) in [5.74, 6) is 0.754. The molecular weight excluding hydrogens is 108 g/mol. The maximum Gasteiger partial charge on any atom is 0.0223 e. The van der Waals surface area contributed by atoms with Gasteiger partial charge in [0, 0.05) is 5.88 Å². The first-order valence-electron chi connectivity index (χ1n) is 2.42. The molecule has 0 rings (SSSR count). The fraction of sp³-hybridized carbons (Fsp3) is 0.500. The number of rotatable bonds is 4. The molecular formula is C6H10Cl. The summed E-state index contributed by atoms with van der Waals surface area (Å²) in [5.41, 5.74) is 0. The van der Waals surface area contributed by atoms with Crippen molar-refractivity contribution >= 4 is 11.6 Å². The summed E-state index contributed by atoms with van der Waals surface area (Å²) in [4.78, 5) is 0. The number of unbranched alkanes of at least 4 members (excludes halogenated alkanes) is 2. The molecule has 1 radical (unpaired) electrons. The van der Waals surface area contributed by atoms with E-state index in [0.717, 1.165) is 18.7 Å². The zero-order chi connectivity index (χ0) is 5.54. The zero-order valence-electron chi connectivity index (χ0n) is 4.36. The molecule has 0 heterocycles. The Bertz CT molecular complexity index is 41.4. The van der Waals surface area contributed by atoms with Crippen LogP contribution in [0.1, 0.15) is 12.8 Å².